The van der Waals surface area contributed by atoms with E-state index in [4.69, 9.17) is 0 Å². The summed E-state index contributed by atoms with van der Waals surface area (Å²) in [6.45, 7) is 4.17. The van der Waals surface area contributed by atoms with Crippen LogP contribution >= 0.6 is 0 Å². The summed E-state index contributed by atoms with van der Waals surface area (Å²) in [7, 11) is 0. The highest BCUT2D eigenvalue weighted by molar-refractivity contribution is 5.38. The monoisotopic (exact) mass is 171 g/mol. The molecular formula is C11H11N2. The zero-order valence-corrected chi connectivity index (χ0v) is 7.78. The van der Waals surface area contributed by atoms with E-state index in [1.807, 2.05) is 10.9 Å². The van der Waals surface area contributed by atoms with Gasteiger partial charge >= 0.3 is 0 Å². The normalized spacial score (nSPS) is 10.3. The summed E-state index contributed by atoms with van der Waals surface area (Å²) in [5.74, 6) is 0. The number of hydrogen-bond donors (Lipinski definition) is 0. The van der Waals surface area contributed by atoms with E-state index in [2.05, 4.69) is 43.3 Å². The third-order valence-electron chi connectivity index (χ3n) is 1.93. The van der Waals surface area contributed by atoms with Gasteiger partial charge in [-0.1, -0.05) is 6.07 Å². The lowest BCUT2D eigenvalue weighted by atomic mass is 10.1. The first-order valence-electron chi connectivity index (χ1n) is 4.26. The van der Waals surface area contributed by atoms with Crippen LogP contribution in [0.2, 0.25) is 0 Å². The summed E-state index contributed by atoms with van der Waals surface area (Å²) in [4.78, 5) is 0. The third-order valence-corrected chi connectivity index (χ3v) is 1.93. The Morgan fingerprint density at radius 1 is 1.15 bits per heavy atom. The molecule has 2 rings (SSSR count). The van der Waals surface area contributed by atoms with Crippen LogP contribution in [0.5, 0.6) is 0 Å². The first kappa shape index (κ1) is 8.05. The minimum absolute atomic E-state index is 1.10. The Balaban J connectivity index is 2.53. The number of aromatic nitrogens is 2. The minimum atomic E-state index is 1.10. The van der Waals surface area contributed by atoms with Gasteiger partial charge in [0.05, 0.1) is 5.69 Å². The predicted molar refractivity (Wildman–Crippen MR) is 51.9 cm³/mol. The Morgan fingerprint density at radius 3 is 2.38 bits per heavy atom. The molecule has 0 aliphatic carbocycles. The lowest BCUT2D eigenvalue weighted by molar-refractivity contribution is 0.874. The van der Waals surface area contributed by atoms with E-state index >= 15 is 0 Å². The van der Waals surface area contributed by atoms with Crippen LogP contribution in [0.4, 0.5) is 0 Å². The van der Waals surface area contributed by atoms with Crippen LogP contribution in [0.1, 0.15) is 11.1 Å². The van der Waals surface area contributed by atoms with Crippen molar-refractivity contribution in [1.82, 2.24) is 9.78 Å². The van der Waals surface area contributed by atoms with Crippen molar-refractivity contribution in [3.05, 3.63) is 47.8 Å². The van der Waals surface area contributed by atoms with E-state index in [9.17, 15) is 0 Å². The number of hydrogen-bond acceptors (Lipinski definition) is 1. The molecule has 0 saturated carbocycles. The van der Waals surface area contributed by atoms with E-state index in [0.717, 1.165) is 5.69 Å². The summed E-state index contributed by atoms with van der Waals surface area (Å²) in [5, 5.41) is 4.06. The Bertz CT molecular complexity index is 382. The van der Waals surface area contributed by atoms with Gasteiger partial charge in [0, 0.05) is 6.20 Å². The van der Waals surface area contributed by atoms with Gasteiger partial charge in [0.15, 0.2) is 0 Å². The van der Waals surface area contributed by atoms with E-state index in [1.165, 1.54) is 11.1 Å². The molecule has 13 heavy (non-hydrogen) atoms. The molecule has 1 radical (unpaired) electrons. The average Bonchev–Trinajstić information content (AvgIpc) is 2.53. The van der Waals surface area contributed by atoms with Gasteiger partial charge in [0.25, 0.3) is 0 Å². The minimum Gasteiger partial charge on any atom is -0.240 e. The average molecular weight is 171 g/mol. The highest BCUT2D eigenvalue weighted by Crippen LogP contribution is 2.11. The Kier molecular flexibility index (Phi) is 1.89. The maximum absolute atomic E-state index is 4.06. The zero-order chi connectivity index (χ0) is 9.26. The van der Waals surface area contributed by atoms with E-state index < -0.39 is 0 Å². The first-order valence-corrected chi connectivity index (χ1v) is 4.26. The standard InChI is InChI=1S/C11H11N2/c1-9-6-10(2)8-11(7-9)13-5-3-4-12-13/h3,5-8H,1-2H3. The fraction of sp³-hybridized carbons (Fsp3) is 0.182. The molecule has 65 valence electrons. The molecule has 0 amide bonds. The Morgan fingerprint density at radius 2 is 1.85 bits per heavy atom. The fourth-order valence-corrected chi connectivity index (χ4v) is 1.46. The topological polar surface area (TPSA) is 17.8 Å². The molecule has 1 aromatic carbocycles. The van der Waals surface area contributed by atoms with Gasteiger partial charge in [-0.25, -0.2) is 4.68 Å². The van der Waals surface area contributed by atoms with Gasteiger partial charge in [0.1, 0.15) is 6.20 Å². The van der Waals surface area contributed by atoms with Crippen LogP contribution in [-0.4, -0.2) is 9.78 Å². The first-order chi connectivity index (χ1) is 6.25. The SMILES string of the molecule is Cc1cc(C)cc(-n2cc[c]n2)c1. The molecule has 1 aromatic heterocycles. The molecular weight excluding hydrogens is 160 g/mol. The van der Waals surface area contributed by atoms with Crippen molar-refractivity contribution < 1.29 is 0 Å². The number of aryl methyl sites for hydroxylation is 2. The molecule has 2 heteroatoms. The predicted octanol–water partition coefficient (Wildman–Crippen LogP) is 2.29. The van der Waals surface area contributed by atoms with Crippen molar-refractivity contribution in [2.75, 3.05) is 0 Å². The summed E-state index contributed by atoms with van der Waals surface area (Å²) in [6.07, 6.45) is 4.68. The molecule has 0 unspecified atom stereocenters. The lowest BCUT2D eigenvalue weighted by Gasteiger charge is -2.03. The van der Waals surface area contributed by atoms with Crippen LogP contribution in [-0.2, 0) is 0 Å². The smallest absolute Gasteiger partial charge is 0.113 e. The highest BCUT2D eigenvalue weighted by atomic mass is 15.3. The Labute approximate surface area is 77.8 Å². The van der Waals surface area contributed by atoms with Crippen molar-refractivity contribution in [2.45, 2.75) is 13.8 Å². The van der Waals surface area contributed by atoms with Gasteiger partial charge in [0.2, 0.25) is 0 Å². The van der Waals surface area contributed by atoms with Crippen LogP contribution in [0, 0.1) is 20.0 Å². The second-order valence-electron chi connectivity index (χ2n) is 3.24. The molecule has 0 spiro atoms. The van der Waals surface area contributed by atoms with Crippen molar-refractivity contribution in [1.29, 1.82) is 0 Å². The van der Waals surface area contributed by atoms with Gasteiger partial charge in [-0.2, -0.15) is 5.10 Å². The van der Waals surface area contributed by atoms with Crippen LogP contribution in [0.25, 0.3) is 5.69 Å². The summed E-state index contributed by atoms with van der Waals surface area (Å²) in [5.41, 5.74) is 3.61. The second-order valence-corrected chi connectivity index (χ2v) is 3.24. The van der Waals surface area contributed by atoms with Crippen molar-refractivity contribution in [3.8, 4) is 5.69 Å². The molecule has 0 N–H and O–H groups in total. The quantitative estimate of drug-likeness (QED) is 0.643. The summed E-state index contributed by atoms with van der Waals surface area (Å²) < 4.78 is 1.82. The van der Waals surface area contributed by atoms with Gasteiger partial charge < -0.3 is 0 Å². The molecule has 0 saturated heterocycles. The van der Waals surface area contributed by atoms with Crippen LogP contribution < -0.4 is 0 Å². The van der Waals surface area contributed by atoms with E-state index in [1.54, 1.807) is 6.07 Å². The molecule has 2 nitrogen and oxygen atoms in total. The Hall–Kier alpha value is -1.57. The number of nitrogens with zero attached hydrogens (tertiary/aromatic N) is 2. The number of rotatable bonds is 1. The lowest BCUT2D eigenvalue weighted by Crippen LogP contribution is -1.95. The molecule has 1 heterocycles. The largest absolute Gasteiger partial charge is 0.240 e. The molecule has 0 atom stereocenters. The maximum atomic E-state index is 4.06. The van der Waals surface area contributed by atoms with Crippen molar-refractivity contribution in [2.24, 2.45) is 0 Å². The van der Waals surface area contributed by atoms with Gasteiger partial charge in [-0.15, -0.1) is 0 Å². The molecule has 2 aromatic rings. The van der Waals surface area contributed by atoms with E-state index in [0.29, 0.717) is 0 Å². The van der Waals surface area contributed by atoms with Crippen molar-refractivity contribution in [3.63, 3.8) is 0 Å². The number of benzene rings is 1. The highest BCUT2D eigenvalue weighted by Gasteiger charge is 1.97. The van der Waals surface area contributed by atoms with Gasteiger partial charge in [-0.3, -0.25) is 0 Å². The van der Waals surface area contributed by atoms with Crippen molar-refractivity contribution >= 4 is 0 Å². The van der Waals surface area contributed by atoms with Crippen LogP contribution in [0.15, 0.2) is 30.5 Å². The fourth-order valence-electron chi connectivity index (χ4n) is 1.46. The van der Waals surface area contributed by atoms with Crippen LogP contribution in [0.3, 0.4) is 0 Å². The molecule has 0 bridgehead atoms. The molecule has 0 aliphatic heterocycles. The molecule has 0 fully saturated rings. The second kappa shape index (κ2) is 3.05. The van der Waals surface area contributed by atoms with Gasteiger partial charge in [-0.05, 0) is 43.2 Å². The summed E-state index contributed by atoms with van der Waals surface area (Å²) in [6, 6.07) is 8.16. The zero-order valence-electron chi connectivity index (χ0n) is 7.78. The summed E-state index contributed by atoms with van der Waals surface area (Å²) >= 11 is 0. The van der Waals surface area contributed by atoms with E-state index in [-0.39, 0.29) is 0 Å². The third kappa shape index (κ3) is 1.61. The maximum Gasteiger partial charge on any atom is 0.113 e. The molecule has 0 aliphatic rings.